The molecule has 1 aliphatic rings. The monoisotopic (exact) mass is 279 g/mol. The fraction of sp³-hybridized carbons (Fsp3) is 0.789. The zero-order valence-electron chi connectivity index (χ0n) is 14.6. The van der Waals surface area contributed by atoms with Crippen molar-refractivity contribution in [2.75, 3.05) is 6.54 Å². The number of nitrogens with two attached hydrogens (primary N) is 1. The summed E-state index contributed by atoms with van der Waals surface area (Å²) in [4.78, 5) is 0. The van der Waals surface area contributed by atoms with E-state index in [9.17, 15) is 0 Å². The molecule has 0 heterocycles. The molecule has 0 spiro atoms. The average Bonchev–Trinajstić information content (AvgIpc) is 2.78. The molecule has 0 atom stereocenters. The number of hydrogen-bond donors (Lipinski definition) is 1. The van der Waals surface area contributed by atoms with Crippen molar-refractivity contribution in [2.45, 2.75) is 92.4 Å². The van der Waals surface area contributed by atoms with Crippen LogP contribution in [0.15, 0.2) is 22.3 Å². The molecule has 0 aromatic heterocycles. The summed E-state index contributed by atoms with van der Waals surface area (Å²) in [5.41, 5.74) is 12.1. The molecule has 0 aromatic carbocycles. The van der Waals surface area contributed by atoms with Crippen LogP contribution in [0.5, 0.6) is 0 Å². The molecular weight excluding hydrogens is 242 g/mol. The summed E-state index contributed by atoms with van der Waals surface area (Å²) < 4.78 is 0. The summed E-state index contributed by atoms with van der Waals surface area (Å²) in [7, 11) is 0. The van der Waals surface area contributed by atoms with E-state index in [1.807, 2.05) is 0 Å². The highest BCUT2D eigenvalue weighted by molar-refractivity contribution is 5.47. The number of unbranched alkanes of at least 4 members (excludes halogenated alkanes) is 1. The molecular formula is C19H37N. The maximum absolute atomic E-state index is 5.14. The maximum Gasteiger partial charge on any atom is -0.00774 e. The second kappa shape index (κ2) is 12.2. The number of rotatable bonds is 8. The van der Waals surface area contributed by atoms with Gasteiger partial charge in [-0.25, -0.2) is 0 Å². The normalized spacial score (nSPS) is 14.7. The van der Waals surface area contributed by atoms with Gasteiger partial charge in [-0.1, -0.05) is 65.0 Å². The van der Waals surface area contributed by atoms with Crippen LogP contribution in [0.3, 0.4) is 0 Å². The van der Waals surface area contributed by atoms with Crippen LogP contribution >= 0.6 is 0 Å². The van der Waals surface area contributed by atoms with Gasteiger partial charge in [0.25, 0.3) is 0 Å². The van der Waals surface area contributed by atoms with Crippen molar-refractivity contribution in [3.05, 3.63) is 22.3 Å². The van der Waals surface area contributed by atoms with Crippen LogP contribution in [-0.2, 0) is 0 Å². The summed E-state index contributed by atoms with van der Waals surface area (Å²) in [6, 6.07) is 0. The lowest BCUT2D eigenvalue weighted by Gasteiger charge is -2.09. The van der Waals surface area contributed by atoms with E-state index in [-0.39, 0.29) is 0 Å². The first-order valence-electron chi connectivity index (χ1n) is 8.82. The fourth-order valence-electron chi connectivity index (χ4n) is 3.02. The second-order valence-electron chi connectivity index (χ2n) is 5.69. The van der Waals surface area contributed by atoms with Gasteiger partial charge < -0.3 is 5.73 Å². The van der Waals surface area contributed by atoms with Crippen LogP contribution in [0, 0.1) is 0 Å². The minimum absolute atomic E-state index is 0.844. The Labute approximate surface area is 127 Å². The van der Waals surface area contributed by atoms with E-state index in [4.69, 9.17) is 5.73 Å². The van der Waals surface area contributed by atoms with Gasteiger partial charge >= 0.3 is 0 Å². The highest BCUT2D eigenvalue weighted by Crippen LogP contribution is 2.39. The topological polar surface area (TPSA) is 26.0 Å². The van der Waals surface area contributed by atoms with Gasteiger partial charge in [-0.3, -0.25) is 0 Å². The highest BCUT2D eigenvalue weighted by atomic mass is 14.5. The van der Waals surface area contributed by atoms with Crippen molar-refractivity contribution in [3.8, 4) is 0 Å². The Morgan fingerprint density at radius 2 is 1.40 bits per heavy atom. The molecule has 0 saturated heterocycles. The molecule has 0 saturated carbocycles. The smallest absolute Gasteiger partial charge is 0.00774 e. The predicted octanol–water partition coefficient (Wildman–Crippen LogP) is 6.15. The Bertz CT molecular complexity index is 308. The summed E-state index contributed by atoms with van der Waals surface area (Å²) in [5, 5.41) is 0. The van der Waals surface area contributed by atoms with E-state index >= 15 is 0 Å². The molecule has 0 aliphatic heterocycles. The van der Waals surface area contributed by atoms with Crippen LogP contribution in [0.1, 0.15) is 92.4 Å². The van der Waals surface area contributed by atoms with Crippen LogP contribution < -0.4 is 5.73 Å². The molecule has 118 valence electrons. The van der Waals surface area contributed by atoms with Crippen molar-refractivity contribution >= 4 is 0 Å². The van der Waals surface area contributed by atoms with Crippen molar-refractivity contribution < 1.29 is 0 Å². The van der Waals surface area contributed by atoms with E-state index in [2.05, 4.69) is 34.6 Å². The lowest BCUT2D eigenvalue weighted by Crippen LogP contribution is -1.95. The Morgan fingerprint density at radius 1 is 0.750 bits per heavy atom. The third kappa shape index (κ3) is 6.26. The lowest BCUT2D eigenvalue weighted by atomic mass is 9.97. The molecule has 1 rings (SSSR count). The first-order valence-corrected chi connectivity index (χ1v) is 8.82. The van der Waals surface area contributed by atoms with E-state index in [1.54, 1.807) is 22.3 Å². The fourth-order valence-corrected chi connectivity index (χ4v) is 3.02. The van der Waals surface area contributed by atoms with Gasteiger partial charge in [-0.15, -0.1) is 0 Å². The van der Waals surface area contributed by atoms with Gasteiger partial charge in [0, 0.05) is 0 Å². The third-order valence-corrected chi connectivity index (χ3v) is 4.03. The summed E-state index contributed by atoms with van der Waals surface area (Å²) in [6.07, 6.45) is 11.4. The van der Waals surface area contributed by atoms with Crippen LogP contribution in [0.4, 0.5) is 0 Å². The second-order valence-corrected chi connectivity index (χ2v) is 5.69. The van der Waals surface area contributed by atoms with Crippen LogP contribution in [0.2, 0.25) is 0 Å². The van der Waals surface area contributed by atoms with E-state index in [1.165, 1.54) is 57.8 Å². The van der Waals surface area contributed by atoms with Crippen LogP contribution in [0.25, 0.3) is 0 Å². The van der Waals surface area contributed by atoms with Crippen molar-refractivity contribution in [1.82, 2.24) is 0 Å². The molecule has 0 unspecified atom stereocenters. The molecule has 1 heteroatoms. The van der Waals surface area contributed by atoms with Crippen molar-refractivity contribution in [3.63, 3.8) is 0 Å². The lowest BCUT2D eigenvalue weighted by molar-refractivity contribution is 0.807. The van der Waals surface area contributed by atoms with E-state index in [0.29, 0.717) is 0 Å². The Hall–Kier alpha value is -0.560. The summed E-state index contributed by atoms with van der Waals surface area (Å²) in [5.74, 6) is 0. The van der Waals surface area contributed by atoms with Gasteiger partial charge in [-0.05, 0) is 56.2 Å². The Morgan fingerprint density at radius 3 is 1.75 bits per heavy atom. The molecule has 2 N–H and O–H groups in total. The summed E-state index contributed by atoms with van der Waals surface area (Å²) in [6.45, 7) is 12.2. The van der Waals surface area contributed by atoms with Crippen molar-refractivity contribution in [2.24, 2.45) is 5.73 Å². The number of hydrogen-bond acceptors (Lipinski definition) is 1. The van der Waals surface area contributed by atoms with Gasteiger partial charge in [0.05, 0.1) is 0 Å². The third-order valence-electron chi connectivity index (χ3n) is 4.03. The van der Waals surface area contributed by atoms with E-state index in [0.717, 1.165) is 6.54 Å². The standard InChI is InChI=1S/C15H26.C4H11N/c1-5-9-13-11-12(7-3)14(8-4)15(13)10-6-2;1-2-3-4-5/h5-11H2,1-4H3;2-5H2,1H3. The van der Waals surface area contributed by atoms with Gasteiger partial charge in [0.2, 0.25) is 0 Å². The SMILES string of the molecule is CCCC1=C(CCC)C(CC)=C(CC)C1.CCCCN. The molecule has 0 aromatic rings. The van der Waals surface area contributed by atoms with Gasteiger partial charge in [-0.2, -0.15) is 0 Å². The first kappa shape index (κ1) is 19.4. The predicted molar refractivity (Wildman–Crippen MR) is 93.0 cm³/mol. The Balaban J connectivity index is 0.000000621. The molecule has 0 amide bonds. The first-order chi connectivity index (χ1) is 9.69. The number of allylic oxidation sites excluding steroid dienone is 4. The average molecular weight is 280 g/mol. The maximum atomic E-state index is 5.14. The van der Waals surface area contributed by atoms with Crippen LogP contribution in [-0.4, -0.2) is 6.54 Å². The minimum Gasteiger partial charge on any atom is -0.330 e. The zero-order valence-corrected chi connectivity index (χ0v) is 14.6. The quantitative estimate of drug-likeness (QED) is 0.566. The highest BCUT2D eigenvalue weighted by Gasteiger charge is 2.20. The molecule has 1 aliphatic carbocycles. The molecule has 0 bridgehead atoms. The van der Waals surface area contributed by atoms with Gasteiger partial charge in [0.1, 0.15) is 0 Å². The van der Waals surface area contributed by atoms with Gasteiger partial charge in [0.15, 0.2) is 0 Å². The Kier molecular flexibility index (Phi) is 11.9. The van der Waals surface area contributed by atoms with E-state index < -0.39 is 0 Å². The molecule has 0 fully saturated rings. The minimum atomic E-state index is 0.844. The van der Waals surface area contributed by atoms with Crippen molar-refractivity contribution in [1.29, 1.82) is 0 Å². The summed E-state index contributed by atoms with van der Waals surface area (Å²) >= 11 is 0. The molecule has 1 nitrogen and oxygen atoms in total. The molecule has 20 heavy (non-hydrogen) atoms. The zero-order chi connectivity index (χ0) is 15.4. The molecule has 0 radical (unpaired) electrons. The largest absolute Gasteiger partial charge is 0.330 e.